The van der Waals surface area contributed by atoms with E-state index in [1.54, 1.807) is 22.8 Å². The summed E-state index contributed by atoms with van der Waals surface area (Å²) in [6, 6.07) is 8.20. The van der Waals surface area contributed by atoms with E-state index in [-0.39, 0.29) is 18.1 Å². The number of benzene rings is 1. The van der Waals surface area contributed by atoms with Gasteiger partial charge in [-0.05, 0) is 31.0 Å². The molecule has 0 spiro atoms. The van der Waals surface area contributed by atoms with E-state index in [2.05, 4.69) is 16.8 Å². The van der Waals surface area contributed by atoms with Gasteiger partial charge in [-0.25, -0.2) is 9.18 Å². The van der Waals surface area contributed by atoms with Gasteiger partial charge in [0.25, 0.3) is 0 Å². The normalized spacial score (nSPS) is 17.2. The van der Waals surface area contributed by atoms with E-state index >= 15 is 0 Å². The Morgan fingerprint density at radius 3 is 2.82 bits per heavy atom. The Balaban J connectivity index is 1.82. The fourth-order valence-corrected chi connectivity index (χ4v) is 2.52. The molecule has 5 nitrogen and oxygen atoms in total. The number of ether oxygens (including phenoxy) is 1. The average molecular weight is 303 g/mol. The van der Waals surface area contributed by atoms with Crippen LogP contribution >= 0.6 is 0 Å². The van der Waals surface area contributed by atoms with Crippen LogP contribution in [0.25, 0.3) is 0 Å². The summed E-state index contributed by atoms with van der Waals surface area (Å²) in [6.45, 7) is 3.04. The Labute approximate surface area is 128 Å². The van der Waals surface area contributed by atoms with Crippen LogP contribution in [0.5, 0.6) is 5.88 Å². The van der Waals surface area contributed by atoms with Gasteiger partial charge in [0, 0.05) is 25.7 Å². The maximum Gasteiger partial charge on any atom is 0.352 e. The summed E-state index contributed by atoms with van der Waals surface area (Å²) < 4.78 is 20.1. The van der Waals surface area contributed by atoms with Crippen LogP contribution < -0.4 is 15.3 Å². The monoisotopic (exact) mass is 303 g/mol. The van der Waals surface area contributed by atoms with Crippen LogP contribution in [0.1, 0.15) is 18.9 Å². The molecule has 0 saturated carbocycles. The highest BCUT2D eigenvalue weighted by molar-refractivity contribution is 5.43. The van der Waals surface area contributed by atoms with E-state index in [9.17, 15) is 9.18 Å². The fourth-order valence-electron chi connectivity index (χ4n) is 2.52. The second-order valence-corrected chi connectivity index (χ2v) is 5.55. The first-order valence-electron chi connectivity index (χ1n) is 7.26. The van der Waals surface area contributed by atoms with E-state index in [0.717, 1.165) is 17.8 Å². The average Bonchev–Trinajstić information content (AvgIpc) is 2.51. The number of halogens is 1. The van der Waals surface area contributed by atoms with Crippen LogP contribution in [0.15, 0.2) is 35.1 Å². The minimum absolute atomic E-state index is 0.245. The highest BCUT2D eigenvalue weighted by atomic mass is 19.1. The van der Waals surface area contributed by atoms with Crippen LogP contribution in [-0.2, 0) is 13.2 Å². The molecule has 0 aliphatic carbocycles. The fraction of sp³-hybridized carbons (Fsp3) is 0.375. The van der Waals surface area contributed by atoms with Crippen molar-refractivity contribution in [3.05, 3.63) is 52.2 Å². The molecule has 1 aliphatic heterocycles. The molecule has 2 heterocycles. The Hall–Kier alpha value is -2.37. The van der Waals surface area contributed by atoms with Crippen LogP contribution in [0.2, 0.25) is 0 Å². The zero-order chi connectivity index (χ0) is 15.7. The van der Waals surface area contributed by atoms with Crippen LogP contribution in [0.4, 0.5) is 10.2 Å². The zero-order valence-corrected chi connectivity index (χ0v) is 12.6. The Bertz CT molecular complexity index is 727. The lowest BCUT2D eigenvalue weighted by Gasteiger charge is -2.34. The first-order chi connectivity index (χ1) is 10.5. The molecule has 1 aromatic carbocycles. The maximum absolute atomic E-state index is 12.9. The van der Waals surface area contributed by atoms with E-state index in [0.29, 0.717) is 18.5 Å². The van der Waals surface area contributed by atoms with Gasteiger partial charge >= 0.3 is 5.69 Å². The molecule has 1 aliphatic rings. The largest absolute Gasteiger partial charge is 0.473 e. The Morgan fingerprint density at radius 1 is 1.36 bits per heavy atom. The molecule has 22 heavy (non-hydrogen) atoms. The lowest BCUT2D eigenvalue weighted by Crippen LogP contribution is -2.41. The molecule has 0 radical (unpaired) electrons. The van der Waals surface area contributed by atoms with Gasteiger partial charge in [-0.3, -0.25) is 4.57 Å². The minimum Gasteiger partial charge on any atom is -0.473 e. The lowest BCUT2D eigenvalue weighted by molar-refractivity contribution is 0.289. The first-order valence-corrected chi connectivity index (χ1v) is 7.26. The molecule has 2 aromatic rings. The van der Waals surface area contributed by atoms with Gasteiger partial charge < -0.3 is 9.64 Å². The van der Waals surface area contributed by atoms with Crippen molar-refractivity contribution >= 4 is 5.82 Å². The lowest BCUT2D eigenvalue weighted by atomic mass is 10.1. The highest BCUT2D eigenvalue weighted by Crippen LogP contribution is 2.24. The van der Waals surface area contributed by atoms with Crippen molar-refractivity contribution in [1.29, 1.82) is 0 Å². The molecule has 0 unspecified atom stereocenters. The summed E-state index contributed by atoms with van der Waals surface area (Å²) in [5.74, 6) is 0.818. The standard InChI is InChI=1S/C16H18FN3O2/c1-11-7-8-20-15(19(11)2)9-14(18-16(20)21)22-10-12-3-5-13(17)6-4-12/h3-6,9,11H,7-8,10H2,1-2H3/t11-/m0/s1. The third-order valence-electron chi connectivity index (χ3n) is 4.06. The van der Waals surface area contributed by atoms with Crippen molar-refractivity contribution in [3.63, 3.8) is 0 Å². The number of fused-ring (bicyclic) bond motifs is 1. The van der Waals surface area contributed by atoms with Crippen molar-refractivity contribution in [2.75, 3.05) is 11.9 Å². The molecule has 6 heteroatoms. The number of hydrogen-bond donors (Lipinski definition) is 0. The van der Waals surface area contributed by atoms with Crippen molar-refractivity contribution in [3.8, 4) is 5.88 Å². The number of nitrogens with zero attached hydrogens (tertiary/aromatic N) is 3. The van der Waals surface area contributed by atoms with Gasteiger partial charge in [-0.15, -0.1) is 0 Å². The smallest absolute Gasteiger partial charge is 0.352 e. The summed E-state index contributed by atoms with van der Waals surface area (Å²) in [6.07, 6.45) is 0.918. The second kappa shape index (κ2) is 5.79. The van der Waals surface area contributed by atoms with E-state index in [1.165, 1.54) is 12.1 Å². The van der Waals surface area contributed by atoms with Gasteiger partial charge in [0.2, 0.25) is 5.88 Å². The summed E-state index contributed by atoms with van der Waals surface area (Å²) in [4.78, 5) is 18.1. The maximum atomic E-state index is 12.9. The Morgan fingerprint density at radius 2 is 2.09 bits per heavy atom. The quantitative estimate of drug-likeness (QED) is 0.872. The predicted octanol–water partition coefficient (Wildman–Crippen LogP) is 2.19. The third-order valence-corrected chi connectivity index (χ3v) is 4.06. The SMILES string of the molecule is C[C@H]1CCn2c(cc(OCc3ccc(F)cc3)nc2=O)N1C. The molecule has 1 atom stereocenters. The molecule has 0 saturated heterocycles. The number of aromatic nitrogens is 2. The highest BCUT2D eigenvalue weighted by Gasteiger charge is 2.22. The van der Waals surface area contributed by atoms with Crippen LogP contribution in [0.3, 0.4) is 0 Å². The van der Waals surface area contributed by atoms with Gasteiger partial charge in [0.15, 0.2) is 0 Å². The van der Waals surface area contributed by atoms with Gasteiger partial charge in [-0.1, -0.05) is 12.1 Å². The third kappa shape index (κ3) is 2.81. The van der Waals surface area contributed by atoms with Crippen molar-refractivity contribution in [1.82, 2.24) is 9.55 Å². The molecule has 0 fully saturated rings. The molecule has 1 aromatic heterocycles. The molecule has 0 N–H and O–H groups in total. The zero-order valence-electron chi connectivity index (χ0n) is 12.6. The molecule has 116 valence electrons. The second-order valence-electron chi connectivity index (χ2n) is 5.55. The topological polar surface area (TPSA) is 47.4 Å². The Kier molecular flexibility index (Phi) is 3.83. The summed E-state index contributed by atoms with van der Waals surface area (Å²) >= 11 is 0. The van der Waals surface area contributed by atoms with Gasteiger partial charge in [-0.2, -0.15) is 4.98 Å². The van der Waals surface area contributed by atoms with E-state index < -0.39 is 0 Å². The van der Waals surface area contributed by atoms with Gasteiger partial charge in [0.05, 0.1) is 0 Å². The summed E-state index contributed by atoms with van der Waals surface area (Å²) in [5, 5.41) is 0. The molecule has 3 rings (SSSR count). The number of anilines is 1. The van der Waals surface area contributed by atoms with Crippen LogP contribution in [-0.4, -0.2) is 22.6 Å². The van der Waals surface area contributed by atoms with Gasteiger partial charge in [0.1, 0.15) is 18.2 Å². The first kappa shape index (κ1) is 14.6. The summed E-state index contributed by atoms with van der Waals surface area (Å²) in [5.41, 5.74) is 0.521. The molecular formula is C16H18FN3O2. The van der Waals surface area contributed by atoms with Crippen molar-refractivity contribution in [2.24, 2.45) is 0 Å². The minimum atomic E-state index is -0.301. The number of rotatable bonds is 3. The molecule has 0 bridgehead atoms. The number of hydrogen-bond acceptors (Lipinski definition) is 4. The van der Waals surface area contributed by atoms with E-state index in [1.807, 2.05) is 7.05 Å². The van der Waals surface area contributed by atoms with Crippen molar-refractivity contribution in [2.45, 2.75) is 32.5 Å². The van der Waals surface area contributed by atoms with Crippen LogP contribution in [0, 0.1) is 5.82 Å². The predicted molar refractivity (Wildman–Crippen MR) is 81.7 cm³/mol. The van der Waals surface area contributed by atoms with Crippen molar-refractivity contribution < 1.29 is 9.13 Å². The molecule has 0 amide bonds. The summed E-state index contributed by atoms with van der Waals surface area (Å²) in [7, 11) is 1.96. The van der Waals surface area contributed by atoms with E-state index in [4.69, 9.17) is 4.74 Å². The molecular weight excluding hydrogens is 285 g/mol.